The Hall–Kier alpha value is -1.30. The minimum Gasteiger partial charge on any atom is -0.481 e. The Balaban J connectivity index is 2.23. The van der Waals surface area contributed by atoms with Crippen LogP contribution in [0.4, 0.5) is 4.79 Å². The number of carboxylic acids is 1. The molecule has 0 aromatic carbocycles. The number of likely N-dealkylation sites (tertiary alicyclic amines) is 1. The molecule has 0 radical (unpaired) electrons. The zero-order valence-electron chi connectivity index (χ0n) is 12.2. The predicted molar refractivity (Wildman–Crippen MR) is 73.1 cm³/mol. The van der Waals surface area contributed by atoms with E-state index >= 15 is 0 Å². The predicted octanol–water partition coefficient (Wildman–Crippen LogP) is 0.831. The molecule has 6 nitrogen and oxygen atoms in total. The van der Waals surface area contributed by atoms with Gasteiger partial charge < -0.3 is 15.3 Å². The number of nitrogens with zero attached hydrogens (tertiary/aromatic N) is 2. The van der Waals surface area contributed by atoms with Crippen LogP contribution in [0.2, 0.25) is 0 Å². The molecule has 0 saturated carbocycles. The van der Waals surface area contributed by atoms with E-state index < -0.39 is 11.9 Å². The van der Waals surface area contributed by atoms with E-state index in [4.69, 9.17) is 5.11 Å². The van der Waals surface area contributed by atoms with Gasteiger partial charge in [-0.05, 0) is 27.7 Å². The average molecular weight is 271 g/mol. The molecule has 2 amide bonds. The van der Waals surface area contributed by atoms with Crippen molar-refractivity contribution in [2.45, 2.75) is 39.8 Å². The SMILES string of the molecule is CC(C)N(CCNC(=O)N1CC(C(=O)O)C1)C(C)C. The summed E-state index contributed by atoms with van der Waals surface area (Å²) in [6.07, 6.45) is 0. The third kappa shape index (κ3) is 4.38. The van der Waals surface area contributed by atoms with Crippen molar-refractivity contribution in [3.8, 4) is 0 Å². The molecule has 1 heterocycles. The largest absolute Gasteiger partial charge is 0.481 e. The number of hydrogen-bond acceptors (Lipinski definition) is 3. The third-order valence-corrected chi connectivity index (χ3v) is 3.49. The van der Waals surface area contributed by atoms with Crippen LogP contribution in [-0.4, -0.2) is 65.2 Å². The standard InChI is InChI=1S/C13H25N3O3/c1-9(2)16(10(3)4)6-5-14-13(19)15-7-11(8-15)12(17)18/h9-11H,5-8H2,1-4H3,(H,14,19)(H,17,18). The molecule has 0 unspecified atom stereocenters. The fraction of sp³-hybridized carbons (Fsp3) is 0.846. The number of carbonyl (C=O) groups excluding carboxylic acids is 1. The molecule has 0 bridgehead atoms. The Morgan fingerprint density at radius 3 is 2.21 bits per heavy atom. The van der Waals surface area contributed by atoms with Crippen molar-refractivity contribution < 1.29 is 14.7 Å². The van der Waals surface area contributed by atoms with Crippen LogP contribution in [0, 0.1) is 5.92 Å². The summed E-state index contributed by atoms with van der Waals surface area (Å²) < 4.78 is 0. The van der Waals surface area contributed by atoms with Crippen molar-refractivity contribution in [2.75, 3.05) is 26.2 Å². The molecule has 0 atom stereocenters. The summed E-state index contributed by atoms with van der Waals surface area (Å²) in [7, 11) is 0. The van der Waals surface area contributed by atoms with Gasteiger partial charge in [-0.25, -0.2) is 4.79 Å². The van der Waals surface area contributed by atoms with E-state index in [2.05, 4.69) is 37.9 Å². The van der Waals surface area contributed by atoms with Gasteiger partial charge in [0.15, 0.2) is 0 Å². The lowest BCUT2D eigenvalue weighted by Gasteiger charge is -2.37. The van der Waals surface area contributed by atoms with Crippen LogP contribution >= 0.6 is 0 Å². The quantitative estimate of drug-likeness (QED) is 0.750. The molecule has 0 aromatic heterocycles. The zero-order chi connectivity index (χ0) is 14.6. The lowest BCUT2D eigenvalue weighted by molar-refractivity contribution is -0.146. The van der Waals surface area contributed by atoms with Gasteiger partial charge in [-0.1, -0.05) is 0 Å². The highest BCUT2D eigenvalue weighted by atomic mass is 16.4. The number of rotatable bonds is 6. The fourth-order valence-electron chi connectivity index (χ4n) is 2.32. The van der Waals surface area contributed by atoms with Gasteiger partial charge in [-0.3, -0.25) is 9.69 Å². The maximum atomic E-state index is 11.7. The maximum Gasteiger partial charge on any atom is 0.317 e. The van der Waals surface area contributed by atoms with E-state index in [-0.39, 0.29) is 6.03 Å². The Morgan fingerprint density at radius 1 is 1.26 bits per heavy atom. The first kappa shape index (κ1) is 15.8. The Kier molecular flexibility index (Phi) is 5.60. The summed E-state index contributed by atoms with van der Waals surface area (Å²) in [5.41, 5.74) is 0. The van der Waals surface area contributed by atoms with Crippen LogP contribution < -0.4 is 5.32 Å². The van der Waals surface area contributed by atoms with Crippen molar-refractivity contribution in [1.29, 1.82) is 0 Å². The van der Waals surface area contributed by atoms with Crippen molar-refractivity contribution in [3.05, 3.63) is 0 Å². The molecule has 6 heteroatoms. The molecule has 110 valence electrons. The van der Waals surface area contributed by atoms with Gasteiger partial charge in [-0.15, -0.1) is 0 Å². The van der Waals surface area contributed by atoms with Gasteiger partial charge in [0.05, 0.1) is 5.92 Å². The Labute approximate surface area is 114 Å². The molecule has 1 saturated heterocycles. The summed E-state index contributed by atoms with van der Waals surface area (Å²) in [5.74, 6) is -1.22. The second-order valence-corrected chi connectivity index (χ2v) is 5.60. The number of hydrogen-bond donors (Lipinski definition) is 2. The van der Waals surface area contributed by atoms with Crippen LogP contribution in [0.3, 0.4) is 0 Å². The van der Waals surface area contributed by atoms with Gasteiger partial charge >= 0.3 is 12.0 Å². The van der Waals surface area contributed by atoms with Crippen LogP contribution in [-0.2, 0) is 4.79 Å². The summed E-state index contributed by atoms with van der Waals surface area (Å²) in [6.45, 7) is 10.6. The third-order valence-electron chi connectivity index (χ3n) is 3.49. The minimum absolute atomic E-state index is 0.162. The van der Waals surface area contributed by atoms with E-state index in [1.165, 1.54) is 4.90 Å². The number of carboxylic acid groups (broad SMARTS) is 1. The monoisotopic (exact) mass is 271 g/mol. The number of amides is 2. The summed E-state index contributed by atoms with van der Waals surface area (Å²) >= 11 is 0. The van der Waals surface area contributed by atoms with Crippen LogP contribution in [0.15, 0.2) is 0 Å². The first-order chi connectivity index (χ1) is 8.82. The van der Waals surface area contributed by atoms with Gasteiger partial charge in [0.2, 0.25) is 0 Å². The van der Waals surface area contributed by atoms with Crippen molar-refractivity contribution in [2.24, 2.45) is 5.92 Å². The summed E-state index contributed by atoms with van der Waals surface area (Å²) in [5, 5.41) is 11.6. The molecule has 2 N–H and O–H groups in total. The van der Waals surface area contributed by atoms with E-state index in [1.54, 1.807) is 0 Å². The number of carbonyl (C=O) groups is 2. The van der Waals surface area contributed by atoms with Crippen molar-refractivity contribution >= 4 is 12.0 Å². The smallest absolute Gasteiger partial charge is 0.317 e. The average Bonchev–Trinajstić information content (AvgIpc) is 2.20. The Morgan fingerprint density at radius 2 is 1.79 bits per heavy atom. The van der Waals surface area contributed by atoms with Gasteiger partial charge in [0.25, 0.3) is 0 Å². The minimum atomic E-state index is -0.824. The molecule has 1 aliphatic rings. The maximum absolute atomic E-state index is 11.7. The lowest BCUT2D eigenvalue weighted by Crippen LogP contribution is -2.57. The van der Waals surface area contributed by atoms with Crippen molar-refractivity contribution in [3.63, 3.8) is 0 Å². The van der Waals surface area contributed by atoms with E-state index in [0.717, 1.165) is 6.54 Å². The lowest BCUT2D eigenvalue weighted by atomic mass is 10.0. The van der Waals surface area contributed by atoms with Gasteiger partial charge in [0, 0.05) is 38.3 Å². The molecule has 1 aliphatic heterocycles. The molecule has 1 fully saturated rings. The molecular weight excluding hydrogens is 246 g/mol. The van der Waals surface area contributed by atoms with Crippen LogP contribution in [0.1, 0.15) is 27.7 Å². The molecule has 0 aliphatic carbocycles. The van der Waals surface area contributed by atoms with E-state index in [0.29, 0.717) is 31.7 Å². The number of aliphatic carboxylic acids is 1. The number of nitrogens with one attached hydrogen (secondary N) is 1. The van der Waals surface area contributed by atoms with Gasteiger partial charge in [-0.2, -0.15) is 0 Å². The topological polar surface area (TPSA) is 72.9 Å². The number of urea groups is 1. The zero-order valence-corrected chi connectivity index (χ0v) is 12.2. The molecular formula is C13H25N3O3. The van der Waals surface area contributed by atoms with Crippen LogP contribution in [0.5, 0.6) is 0 Å². The van der Waals surface area contributed by atoms with Gasteiger partial charge in [0.1, 0.15) is 0 Å². The second-order valence-electron chi connectivity index (χ2n) is 5.60. The Bertz CT molecular complexity index is 317. The normalized spacial score (nSPS) is 16.1. The van der Waals surface area contributed by atoms with Crippen molar-refractivity contribution in [1.82, 2.24) is 15.1 Å². The highest BCUT2D eigenvalue weighted by molar-refractivity contribution is 5.79. The highest BCUT2D eigenvalue weighted by Crippen LogP contribution is 2.15. The molecule has 19 heavy (non-hydrogen) atoms. The fourth-order valence-corrected chi connectivity index (χ4v) is 2.32. The summed E-state index contributed by atoms with van der Waals surface area (Å²) in [4.78, 5) is 26.2. The molecule has 0 aromatic rings. The van der Waals surface area contributed by atoms with Crippen LogP contribution in [0.25, 0.3) is 0 Å². The summed E-state index contributed by atoms with van der Waals surface area (Å²) in [6, 6.07) is 0.722. The van der Waals surface area contributed by atoms with E-state index in [1.807, 2.05) is 0 Å². The van der Waals surface area contributed by atoms with E-state index in [9.17, 15) is 9.59 Å². The highest BCUT2D eigenvalue weighted by Gasteiger charge is 2.35. The first-order valence-corrected chi connectivity index (χ1v) is 6.84. The first-order valence-electron chi connectivity index (χ1n) is 6.84. The second kappa shape index (κ2) is 6.75. The molecule has 1 rings (SSSR count). The molecule has 0 spiro atoms.